The third-order valence-corrected chi connectivity index (χ3v) is 2.25. The number of hydrogen-bond acceptors (Lipinski definition) is 5. The molecular weight excluding hydrogens is 234 g/mol. The third kappa shape index (κ3) is 2.54. The van der Waals surface area contributed by atoms with Gasteiger partial charge in [0.15, 0.2) is 0 Å². The Bertz CT molecular complexity index is 558. The summed E-state index contributed by atoms with van der Waals surface area (Å²) in [5.41, 5.74) is 0.665. The highest BCUT2D eigenvalue weighted by Crippen LogP contribution is 2.23. The number of anilines is 2. The fourth-order valence-electron chi connectivity index (χ4n) is 1.45. The van der Waals surface area contributed by atoms with Crippen LogP contribution in [0.5, 0.6) is 5.75 Å². The van der Waals surface area contributed by atoms with Crippen molar-refractivity contribution in [1.82, 2.24) is 9.97 Å². The minimum atomic E-state index is -1.05. The monoisotopic (exact) mass is 245 g/mol. The summed E-state index contributed by atoms with van der Waals surface area (Å²) in [7, 11) is 1.43. The Kier molecular flexibility index (Phi) is 3.38. The second kappa shape index (κ2) is 5.13. The van der Waals surface area contributed by atoms with Crippen LogP contribution in [0.15, 0.2) is 36.7 Å². The predicted molar refractivity (Wildman–Crippen MR) is 65.3 cm³/mol. The normalized spacial score (nSPS) is 9.83. The van der Waals surface area contributed by atoms with Crippen molar-refractivity contribution in [3.05, 3.63) is 42.2 Å². The third-order valence-electron chi connectivity index (χ3n) is 2.25. The highest BCUT2D eigenvalue weighted by Gasteiger charge is 2.11. The van der Waals surface area contributed by atoms with Crippen molar-refractivity contribution >= 4 is 17.6 Å². The second-order valence-corrected chi connectivity index (χ2v) is 3.42. The molecule has 6 heteroatoms. The summed E-state index contributed by atoms with van der Waals surface area (Å²) < 4.78 is 4.97. The Hall–Kier alpha value is -2.63. The summed E-state index contributed by atoms with van der Waals surface area (Å²) in [6.07, 6.45) is 3.19. The van der Waals surface area contributed by atoms with Gasteiger partial charge in [-0.05, 0) is 24.3 Å². The van der Waals surface area contributed by atoms with E-state index in [1.807, 2.05) is 0 Å². The number of ether oxygens (including phenoxy) is 1. The van der Waals surface area contributed by atoms with E-state index in [9.17, 15) is 4.79 Å². The van der Waals surface area contributed by atoms with Crippen LogP contribution >= 0.6 is 0 Å². The molecule has 2 N–H and O–H groups in total. The van der Waals surface area contributed by atoms with Gasteiger partial charge in [-0.3, -0.25) is 0 Å². The lowest BCUT2D eigenvalue weighted by Crippen LogP contribution is -2.02. The highest BCUT2D eigenvalue weighted by molar-refractivity contribution is 5.92. The highest BCUT2D eigenvalue weighted by atomic mass is 16.5. The van der Waals surface area contributed by atoms with Crippen LogP contribution in [-0.2, 0) is 0 Å². The molecule has 0 aliphatic carbocycles. The van der Waals surface area contributed by atoms with Crippen molar-refractivity contribution in [3.63, 3.8) is 0 Å². The number of aromatic carboxylic acids is 1. The zero-order chi connectivity index (χ0) is 13.0. The van der Waals surface area contributed by atoms with Gasteiger partial charge in [0.25, 0.3) is 0 Å². The van der Waals surface area contributed by atoms with Crippen molar-refractivity contribution in [2.24, 2.45) is 0 Å². The van der Waals surface area contributed by atoms with E-state index in [2.05, 4.69) is 15.3 Å². The van der Waals surface area contributed by atoms with Crippen molar-refractivity contribution in [2.75, 3.05) is 12.4 Å². The molecule has 1 aromatic carbocycles. The number of carboxylic acid groups (broad SMARTS) is 1. The molecule has 1 aromatic heterocycles. The molecule has 0 fully saturated rings. The van der Waals surface area contributed by atoms with Crippen LogP contribution in [0.25, 0.3) is 0 Å². The van der Waals surface area contributed by atoms with Gasteiger partial charge < -0.3 is 15.2 Å². The Labute approximate surface area is 103 Å². The summed E-state index contributed by atoms with van der Waals surface area (Å²) >= 11 is 0. The van der Waals surface area contributed by atoms with Crippen LogP contribution in [0.4, 0.5) is 11.6 Å². The number of nitrogens with zero attached hydrogens (tertiary/aromatic N) is 2. The lowest BCUT2D eigenvalue weighted by atomic mass is 10.2. The minimum absolute atomic E-state index is 0.0819. The summed E-state index contributed by atoms with van der Waals surface area (Å²) in [5, 5.41) is 12.0. The minimum Gasteiger partial charge on any atom is -0.496 e. The summed E-state index contributed by atoms with van der Waals surface area (Å²) in [5.74, 6) is -0.342. The van der Waals surface area contributed by atoms with Crippen molar-refractivity contribution in [1.29, 1.82) is 0 Å². The lowest BCUT2D eigenvalue weighted by molar-refractivity contribution is 0.0693. The first-order valence-electron chi connectivity index (χ1n) is 5.16. The SMILES string of the molecule is COc1ccc(Nc2ncccn2)cc1C(=O)O. The maximum absolute atomic E-state index is 11.0. The van der Waals surface area contributed by atoms with Gasteiger partial charge in [0.05, 0.1) is 7.11 Å². The average Bonchev–Trinajstić information content (AvgIpc) is 2.40. The van der Waals surface area contributed by atoms with E-state index in [0.717, 1.165) is 0 Å². The Morgan fingerprint density at radius 2 is 2.06 bits per heavy atom. The summed E-state index contributed by atoms with van der Waals surface area (Å²) in [6, 6.07) is 6.44. The van der Waals surface area contributed by atoms with Crippen LogP contribution in [-0.4, -0.2) is 28.2 Å². The standard InChI is InChI=1S/C12H11N3O3/c1-18-10-4-3-8(7-9(10)11(16)17)15-12-13-5-2-6-14-12/h2-7H,1H3,(H,16,17)(H,13,14,15). The largest absolute Gasteiger partial charge is 0.496 e. The Balaban J connectivity index is 2.30. The molecule has 92 valence electrons. The van der Waals surface area contributed by atoms with Crippen molar-refractivity contribution < 1.29 is 14.6 Å². The fraction of sp³-hybridized carbons (Fsp3) is 0.0833. The molecule has 0 spiro atoms. The molecule has 0 unspecified atom stereocenters. The smallest absolute Gasteiger partial charge is 0.339 e. The van der Waals surface area contributed by atoms with E-state index in [4.69, 9.17) is 9.84 Å². The second-order valence-electron chi connectivity index (χ2n) is 3.42. The van der Waals surface area contributed by atoms with E-state index < -0.39 is 5.97 Å². The number of carbonyl (C=O) groups is 1. The van der Waals surface area contributed by atoms with Crippen molar-refractivity contribution in [3.8, 4) is 5.75 Å². The maximum Gasteiger partial charge on any atom is 0.339 e. The first-order valence-corrected chi connectivity index (χ1v) is 5.16. The number of aromatic nitrogens is 2. The number of nitrogens with one attached hydrogen (secondary N) is 1. The zero-order valence-corrected chi connectivity index (χ0v) is 9.62. The molecule has 1 heterocycles. The molecule has 18 heavy (non-hydrogen) atoms. The number of rotatable bonds is 4. The van der Waals surface area contributed by atoms with Crippen molar-refractivity contribution in [2.45, 2.75) is 0 Å². The zero-order valence-electron chi connectivity index (χ0n) is 9.62. The number of benzene rings is 1. The van der Waals surface area contributed by atoms with Crippen LogP contribution in [0.3, 0.4) is 0 Å². The number of carboxylic acids is 1. The molecule has 0 saturated carbocycles. The van der Waals surface area contributed by atoms with Gasteiger partial charge in [0.2, 0.25) is 5.95 Å². The molecule has 0 atom stereocenters. The van der Waals surface area contributed by atoms with E-state index in [-0.39, 0.29) is 5.56 Å². The van der Waals surface area contributed by atoms with E-state index in [0.29, 0.717) is 17.4 Å². The molecule has 0 amide bonds. The molecule has 2 aromatic rings. The first-order chi connectivity index (χ1) is 8.70. The molecular formula is C12H11N3O3. The summed E-state index contributed by atoms with van der Waals surface area (Å²) in [6.45, 7) is 0. The number of methoxy groups -OCH3 is 1. The molecule has 0 radical (unpaired) electrons. The maximum atomic E-state index is 11.0. The van der Waals surface area contributed by atoms with Gasteiger partial charge in [-0.2, -0.15) is 0 Å². The van der Waals surface area contributed by atoms with Crippen LogP contribution in [0.1, 0.15) is 10.4 Å². The Morgan fingerprint density at radius 1 is 1.33 bits per heavy atom. The van der Waals surface area contributed by atoms with Gasteiger partial charge in [-0.25, -0.2) is 14.8 Å². The fourth-order valence-corrected chi connectivity index (χ4v) is 1.45. The molecule has 0 aliphatic rings. The van der Waals surface area contributed by atoms with Crippen LogP contribution in [0.2, 0.25) is 0 Å². The average molecular weight is 245 g/mol. The van der Waals surface area contributed by atoms with Gasteiger partial charge in [0, 0.05) is 18.1 Å². The van der Waals surface area contributed by atoms with Gasteiger partial charge in [-0.15, -0.1) is 0 Å². The number of hydrogen-bond donors (Lipinski definition) is 2. The van der Waals surface area contributed by atoms with E-state index in [1.165, 1.54) is 13.2 Å². The quantitative estimate of drug-likeness (QED) is 0.856. The molecule has 2 rings (SSSR count). The predicted octanol–water partition coefficient (Wildman–Crippen LogP) is 1.93. The van der Waals surface area contributed by atoms with Crippen LogP contribution < -0.4 is 10.1 Å². The van der Waals surface area contributed by atoms with E-state index in [1.54, 1.807) is 30.6 Å². The molecule has 0 aliphatic heterocycles. The molecule has 0 bridgehead atoms. The lowest BCUT2D eigenvalue weighted by Gasteiger charge is -2.08. The van der Waals surface area contributed by atoms with Gasteiger partial charge in [0.1, 0.15) is 11.3 Å². The topological polar surface area (TPSA) is 84.3 Å². The van der Waals surface area contributed by atoms with Crippen LogP contribution in [0, 0.1) is 0 Å². The van der Waals surface area contributed by atoms with Gasteiger partial charge >= 0.3 is 5.97 Å². The van der Waals surface area contributed by atoms with Gasteiger partial charge in [-0.1, -0.05) is 0 Å². The van der Waals surface area contributed by atoms with E-state index >= 15 is 0 Å². The first kappa shape index (κ1) is 11.8. The molecule has 6 nitrogen and oxygen atoms in total. The Morgan fingerprint density at radius 3 is 2.67 bits per heavy atom. The summed E-state index contributed by atoms with van der Waals surface area (Å²) in [4.78, 5) is 19.0. The molecule has 0 saturated heterocycles.